The lowest BCUT2D eigenvalue weighted by Gasteiger charge is -2.33. The summed E-state index contributed by atoms with van der Waals surface area (Å²) >= 11 is -0.256. The molecule has 6 nitrogen and oxygen atoms in total. The lowest BCUT2D eigenvalue weighted by Crippen LogP contribution is -2.38. The van der Waals surface area contributed by atoms with Gasteiger partial charge in [-0.3, -0.25) is 4.40 Å². The van der Waals surface area contributed by atoms with Crippen LogP contribution in [0.5, 0.6) is 0 Å². The maximum Gasteiger partial charge on any atom is 0.427 e. The summed E-state index contributed by atoms with van der Waals surface area (Å²) in [6.45, 7) is 1.59. The first-order valence-corrected chi connectivity index (χ1v) is 11.3. The monoisotopic (exact) mass is 429 g/mol. The van der Waals surface area contributed by atoms with Gasteiger partial charge >= 0.3 is 6.18 Å². The number of nitrogens with zero attached hydrogens (tertiary/aromatic N) is 5. The Labute approximate surface area is 166 Å². The summed E-state index contributed by atoms with van der Waals surface area (Å²) in [5, 5.41) is 0. The first-order valence-electron chi connectivity index (χ1n) is 8.74. The molecule has 4 heterocycles. The fraction of sp³-hybridized carbons (Fsp3) is 0.471. The fourth-order valence-corrected chi connectivity index (χ4v) is 5.23. The minimum atomic E-state index is -4.41. The molecule has 11 heteroatoms. The zero-order valence-electron chi connectivity index (χ0n) is 15.0. The Bertz CT molecular complexity index is 971. The molecule has 1 aliphatic heterocycles. The number of fused-ring (bicyclic) bond motifs is 1. The maximum absolute atomic E-state index is 13.0. The quantitative estimate of drug-likeness (QED) is 0.594. The van der Waals surface area contributed by atoms with Crippen LogP contribution in [0.15, 0.2) is 24.7 Å². The molecule has 0 radical (unpaired) electrons. The summed E-state index contributed by atoms with van der Waals surface area (Å²) in [5.41, 5.74) is 0.423. The van der Waals surface area contributed by atoms with Gasteiger partial charge < -0.3 is 9.45 Å². The van der Waals surface area contributed by atoms with E-state index in [1.54, 1.807) is 18.5 Å². The summed E-state index contributed by atoms with van der Waals surface area (Å²) in [5.74, 6) is 2.05. The third-order valence-electron chi connectivity index (χ3n) is 4.67. The number of piperidine rings is 1. The number of rotatable bonds is 4. The molecule has 0 spiro atoms. The van der Waals surface area contributed by atoms with Crippen LogP contribution in [0.4, 0.5) is 19.0 Å². The second-order valence-corrected chi connectivity index (χ2v) is 9.31. The highest BCUT2D eigenvalue weighted by Gasteiger charge is 2.34. The zero-order chi connectivity index (χ0) is 19.9. The van der Waals surface area contributed by atoms with E-state index in [1.807, 2.05) is 0 Å². The Kier molecular flexibility index (Phi) is 5.23. The first-order chi connectivity index (χ1) is 13.3. The second-order valence-electron chi connectivity index (χ2n) is 6.82. The van der Waals surface area contributed by atoms with Crippen molar-refractivity contribution < 1.29 is 17.7 Å². The van der Waals surface area contributed by atoms with Gasteiger partial charge in [0.25, 0.3) is 0 Å². The van der Waals surface area contributed by atoms with Crippen molar-refractivity contribution in [3.8, 4) is 11.5 Å². The molecule has 3 aromatic heterocycles. The van der Waals surface area contributed by atoms with Gasteiger partial charge in [-0.05, 0) is 18.9 Å². The highest BCUT2D eigenvalue weighted by Crippen LogP contribution is 2.36. The molecule has 2 unspecified atom stereocenters. The van der Waals surface area contributed by atoms with Crippen molar-refractivity contribution in [1.82, 2.24) is 19.4 Å². The molecule has 150 valence electrons. The van der Waals surface area contributed by atoms with Crippen molar-refractivity contribution in [1.29, 1.82) is 0 Å². The summed E-state index contributed by atoms with van der Waals surface area (Å²) < 4.78 is 51.9. The molecule has 0 bridgehead atoms. The first kappa shape index (κ1) is 19.5. The van der Waals surface area contributed by atoms with E-state index < -0.39 is 22.2 Å². The Morgan fingerprint density at radius 1 is 1.36 bits per heavy atom. The lowest BCUT2D eigenvalue weighted by molar-refractivity contribution is -0.134. The van der Waals surface area contributed by atoms with E-state index in [0.29, 0.717) is 34.5 Å². The molecule has 28 heavy (non-hydrogen) atoms. The molecule has 0 N–H and O–H groups in total. The van der Waals surface area contributed by atoms with Gasteiger partial charge in [-0.1, -0.05) is 22.5 Å². The SMILES string of the molecule is C[S+]([O-])CC1CCCN(c2ccnc(-c3cnc4sc(C(F)(F)F)cn34)n2)C1. The van der Waals surface area contributed by atoms with Crippen LogP contribution in [0.25, 0.3) is 16.5 Å². The van der Waals surface area contributed by atoms with Gasteiger partial charge in [0.15, 0.2) is 10.8 Å². The third kappa shape index (κ3) is 3.96. The van der Waals surface area contributed by atoms with Crippen molar-refractivity contribution in [2.45, 2.75) is 19.0 Å². The molecular weight excluding hydrogens is 411 g/mol. The number of alkyl halides is 3. The van der Waals surface area contributed by atoms with Crippen molar-refractivity contribution in [2.24, 2.45) is 5.92 Å². The molecule has 1 aliphatic rings. The van der Waals surface area contributed by atoms with Gasteiger partial charge in [0.05, 0.1) is 12.5 Å². The summed E-state index contributed by atoms with van der Waals surface area (Å²) in [7, 11) is 0. The Hall–Kier alpha value is -1.85. The van der Waals surface area contributed by atoms with E-state index in [0.717, 1.165) is 37.9 Å². The number of imidazole rings is 1. The van der Waals surface area contributed by atoms with E-state index in [1.165, 1.54) is 10.6 Å². The lowest BCUT2D eigenvalue weighted by atomic mass is 10.0. The summed E-state index contributed by atoms with van der Waals surface area (Å²) in [6, 6.07) is 1.79. The van der Waals surface area contributed by atoms with Gasteiger partial charge in [-0.25, -0.2) is 15.0 Å². The molecule has 0 amide bonds. The Morgan fingerprint density at radius 2 is 2.18 bits per heavy atom. The van der Waals surface area contributed by atoms with Crippen molar-refractivity contribution in [2.75, 3.05) is 30.0 Å². The number of thiazole rings is 1. The average Bonchev–Trinajstić information content (AvgIpc) is 3.22. The third-order valence-corrected chi connectivity index (χ3v) is 6.66. The van der Waals surface area contributed by atoms with Gasteiger partial charge in [-0.15, -0.1) is 0 Å². The molecule has 1 saturated heterocycles. The average molecular weight is 429 g/mol. The van der Waals surface area contributed by atoms with Crippen LogP contribution in [0.1, 0.15) is 17.7 Å². The number of hydrogen-bond donors (Lipinski definition) is 0. The highest BCUT2D eigenvalue weighted by molar-refractivity contribution is 7.90. The minimum Gasteiger partial charge on any atom is -0.617 e. The van der Waals surface area contributed by atoms with Crippen LogP contribution in [0, 0.1) is 5.92 Å². The molecule has 1 fully saturated rings. The molecule has 0 aromatic carbocycles. The van der Waals surface area contributed by atoms with Crippen molar-refractivity contribution in [3.05, 3.63) is 29.5 Å². The smallest absolute Gasteiger partial charge is 0.427 e. The standard InChI is InChI=1S/C17H18F3N5OS2/c1-28(26)10-11-3-2-6-24(8-11)14-4-5-21-15(23-14)12-7-22-16-25(12)9-13(27-16)17(18,19)20/h4-5,7,9,11H,2-3,6,8,10H2,1H3. The topological polar surface area (TPSA) is 69.4 Å². The predicted octanol–water partition coefficient (Wildman–Crippen LogP) is 3.47. The van der Waals surface area contributed by atoms with Gasteiger partial charge in [0.1, 0.15) is 22.1 Å². The van der Waals surface area contributed by atoms with Crippen LogP contribution < -0.4 is 4.90 Å². The number of halogens is 3. The molecule has 4 rings (SSSR count). The predicted molar refractivity (Wildman–Crippen MR) is 103 cm³/mol. The van der Waals surface area contributed by atoms with E-state index in [-0.39, 0.29) is 4.96 Å². The van der Waals surface area contributed by atoms with E-state index in [9.17, 15) is 17.7 Å². The van der Waals surface area contributed by atoms with E-state index in [4.69, 9.17) is 0 Å². The summed E-state index contributed by atoms with van der Waals surface area (Å²) in [6.07, 6.45) is 3.45. The molecule has 3 aromatic rings. The van der Waals surface area contributed by atoms with Crippen LogP contribution >= 0.6 is 11.3 Å². The zero-order valence-corrected chi connectivity index (χ0v) is 16.6. The normalized spacial score (nSPS) is 19.3. The molecule has 0 saturated carbocycles. The Morgan fingerprint density at radius 3 is 2.93 bits per heavy atom. The van der Waals surface area contributed by atoms with Gasteiger partial charge in [0, 0.05) is 31.4 Å². The number of hydrogen-bond acceptors (Lipinski definition) is 6. The second kappa shape index (κ2) is 7.53. The van der Waals surface area contributed by atoms with Crippen molar-refractivity contribution in [3.63, 3.8) is 0 Å². The molecular formula is C17H18F3N5OS2. The van der Waals surface area contributed by atoms with Crippen LogP contribution in [0.2, 0.25) is 0 Å². The number of anilines is 1. The fourth-order valence-electron chi connectivity index (χ4n) is 3.47. The largest absolute Gasteiger partial charge is 0.617 e. The van der Waals surface area contributed by atoms with Crippen LogP contribution in [-0.2, 0) is 17.4 Å². The molecule has 0 aliphatic carbocycles. The maximum atomic E-state index is 13.0. The molecule has 2 atom stereocenters. The van der Waals surface area contributed by atoms with E-state index >= 15 is 0 Å². The Balaban J connectivity index is 1.62. The van der Waals surface area contributed by atoms with E-state index in [2.05, 4.69) is 19.9 Å². The van der Waals surface area contributed by atoms with Crippen molar-refractivity contribution >= 4 is 33.3 Å². The van der Waals surface area contributed by atoms with Crippen LogP contribution in [-0.4, -0.2) is 49.0 Å². The number of aromatic nitrogens is 4. The minimum absolute atomic E-state index is 0.250. The summed E-state index contributed by atoms with van der Waals surface area (Å²) in [4.78, 5) is 14.6. The van der Waals surface area contributed by atoms with Gasteiger partial charge in [0.2, 0.25) is 0 Å². The van der Waals surface area contributed by atoms with Gasteiger partial charge in [-0.2, -0.15) is 13.2 Å². The highest BCUT2D eigenvalue weighted by atomic mass is 32.2. The van der Waals surface area contributed by atoms with Crippen LogP contribution in [0.3, 0.4) is 0 Å².